The summed E-state index contributed by atoms with van der Waals surface area (Å²) in [5, 5.41) is 15.4. The van der Waals surface area contributed by atoms with Crippen molar-refractivity contribution in [2.45, 2.75) is 26.2 Å². The Morgan fingerprint density at radius 1 is 1.35 bits per heavy atom. The summed E-state index contributed by atoms with van der Waals surface area (Å²) < 4.78 is 0. The van der Waals surface area contributed by atoms with Crippen LogP contribution in [-0.2, 0) is 4.79 Å². The smallest absolute Gasteiger partial charge is 0.238 e. The second kappa shape index (κ2) is 9.75. The van der Waals surface area contributed by atoms with E-state index >= 15 is 0 Å². The quantitative estimate of drug-likeness (QED) is 0.657. The summed E-state index contributed by atoms with van der Waals surface area (Å²) in [6, 6.07) is 7.16. The fourth-order valence-corrected chi connectivity index (χ4v) is 2.27. The van der Waals surface area contributed by atoms with Crippen LogP contribution in [0.15, 0.2) is 24.3 Å². The minimum atomic E-state index is -0.114. The predicted molar refractivity (Wildman–Crippen MR) is 83.1 cm³/mol. The second-order valence-corrected chi connectivity index (χ2v) is 5.23. The van der Waals surface area contributed by atoms with E-state index < -0.39 is 0 Å². The molecular weight excluding hydrogens is 276 g/mol. The zero-order valence-electron chi connectivity index (χ0n) is 11.9. The van der Waals surface area contributed by atoms with Crippen LogP contribution in [0.2, 0.25) is 5.02 Å². The summed E-state index contributed by atoms with van der Waals surface area (Å²) >= 11 is 5.97. The zero-order chi connectivity index (χ0) is 14.8. The van der Waals surface area contributed by atoms with Crippen LogP contribution in [0.1, 0.15) is 26.2 Å². The molecule has 0 spiro atoms. The van der Waals surface area contributed by atoms with Crippen molar-refractivity contribution >= 4 is 23.2 Å². The van der Waals surface area contributed by atoms with E-state index in [1.807, 2.05) is 12.1 Å². The number of para-hydroxylation sites is 1. The molecule has 0 aliphatic carbocycles. The standard InChI is InChI=1S/C15H23ClN2O2/c1-2-5-12(8-9-19)10-17-11-15(20)18-14-7-4-3-6-13(14)16/h3-4,6-7,12,17,19H,2,5,8-11H2,1H3,(H,18,20). The van der Waals surface area contributed by atoms with Crippen LogP contribution in [0.4, 0.5) is 5.69 Å². The van der Waals surface area contributed by atoms with E-state index in [4.69, 9.17) is 16.7 Å². The van der Waals surface area contributed by atoms with Gasteiger partial charge in [0, 0.05) is 6.61 Å². The molecular formula is C15H23ClN2O2. The van der Waals surface area contributed by atoms with Gasteiger partial charge >= 0.3 is 0 Å². The average molecular weight is 299 g/mol. The molecule has 0 fully saturated rings. The van der Waals surface area contributed by atoms with Crippen molar-refractivity contribution < 1.29 is 9.90 Å². The average Bonchev–Trinajstić information content (AvgIpc) is 2.42. The SMILES string of the molecule is CCCC(CCO)CNCC(=O)Nc1ccccc1Cl. The zero-order valence-corrected chi connectivity index (χ0v) is 12.6. The molecule has 1 amide bonds. The highest BCUT2D eigenvalue weighted by Gasteiger charge is 2.09. The van der Waals surface area contributed by atoms with E-state index in [0.717, 1.165) is 25.8 Å². The summed E-state index contributed by atoms with van der Waals surface area (Å²) in [6.07, 6.45) is 2.91. The van der Waals surface area contributed by atoms with E-state index in [1.165, 1.54) is 0 Å². The largest absolute Gasteiger partial charge is 0.396 e. The summed E-state index contributed by atoms with van der Waals surface area (Å²) in [6.45, 7) is 3.30. The number of rotatable bonds is 9. The van der Waals surface area contributed by atoms with Gasteiger partial charge in [-0.1, -0.05) is 37.1 Å². The highest BCUT2D eigenvalue weighted by molar-refractivity contribution is 6.33. The second-order valence-electron chi connectivity index (χ2n) is 4.83. The van der Waals surface area contributed by atoms with Crippen molar-refractivity contribution in [3.05, 3.63) is 29.3 Å². The number of hydrogen-bond acceptors (Lipinski definition) is 3. The van der Waals surface area contributed by atoms with Crippen LogP contribution in [0.25, 0.3) is 0 Å². The number of carbonyl (C=O) groups excluding carboxylic acids is 1. The number of hydrogen-bond donors (Lipinski definition) is 3. The Morgan fingerprint density at radius 3 is 2.75 bits per heavy atom. The Hall–Kier alpha value is -1.10. The van der Waals surface area contributed by atoms with Crippen LogP contribution < -0.4 is 10.6 Å². The first-order chi connectivity index (χ1) is 9.67. The van der Waals surface area contributed by atoms with Gasteiger partial charge in [0.25, 0.3) is 0 Å². The van der Waals surface area contributed by atoms with Crippen molar-refractivity contribution in [2.24, 2.45) is 5.92 Å². The molecule has 0 aromatic heterocycles. The van der Waals surface area contributed by atoms with Gasteiger partial charge < -0.3 is 15.7 Å². The molecule has 1 unspecified atom stereocenters. The van der Waals surface area contributed by atoms with Crippen molar-refractivity contribution in [3.63, 3.8) is 0 Å². The number of benzene rings is 1. The lowest BCUT2D eigenvalue weighted by Crippen LogP contribution is -2.32. The molecule has 1 rings (SSSR count). The minimum absolute atomic E-state index is 0.114. The van der Waals surface area contributed by atoms with Gasteiger partial charge in [-0.05, 0) is 37.4 Å². The topological polar surface area (TPSA) is 61.4 Å². The Morgan fingerprint density at radius 2 is 2.10 bits per heavy atom. The molecule has 1 atom stereocenters. The Labute approximate surface area is 125 Å². The summed E-state index contributed by atoms with van der Waals surface area (Å²) in [4.78, 5) is 11.8. The van der Waals surface area contributed by atoms with Crippen LogP contribution in [0.5, 0.6) is 0 Å². The number of anilines is 1. The van der Waals surface area contributed by atoms with Crippen LogP contribution >= 0.6 is 11.6 Å². The van der Waals surface area contributed by atoms with E-state index in [0.29, 0.717) is 16.6 Å². The third-order valence-electron chi connectivity index (χ3n) is 3.10. The van der Waals surface area contributed by atoms with Gasteiger partial charge in [-0.2, -0.15) is 0 Å². The fraction of sp³-hybridized carbons (Fsp3) is 0.533. The minimum Gasteiger partial charge on any atom is -0.396 e. The number of aliphatic hydroxyl groups excluding tert-OH is 1. The first-order valence-corrected chi connectivity index (χ1v) is 7.41. The van der Waals surface area contributed by atoms with Crippen LogP contribution in [-0.4, -0.2) is 30.7 Å². The number of nitrogens with one attached hydrogen (secondary N) is 2. The van der Waals surface area contributed by atoms with Crippen molar-refractivity contribution in [3.8, 4) is 0 Å². The molecule has 0 saturated heterocycles. The van der Waals surface area contributed by atoms with Crippen molar-refractivity contribution in [1.29, 1.82) is 0 Å². The highest BCUT2D eigenvalue weighted by Crippen LogP contribution is 2.20. The highest BCUT2D eigenvalue weighted by atomic mass is 35.5. The molecule has 0 aliphatic heterocycles. The van der Waals surface area contributed by atoms with E-state index in [2.05, 4.69) is 17.6 Å². The first kappa shape index (κ1) is 17.0. The maximum absolute atomic E-state index is 11.8. The molecule has 5 heteroatoms. The van der Waals surface area contributed by atoms with Gasteiger partial charge in [-0.15, -0.1) is 0 Å². The normalized spacial score (nSPS) is 12.2. The number of amides is 1. The lowest BCUT2D eigenvalue weighted by atomic mass is 10.0. The van der Waals surface area contributed by atoms with E-state index in [1.54, 1.807) is 12.1 Å². The lowest BCUT2D eigenvalue weighted by Gasteiger charge is -2.15. The monoisotopic (exact) mass is 298 g/mol. The lowest BCUT2D eigenvalue weighted by molar-refractivity contribution is -0.115. The first-order valence-electron chi connectivity index (χ1n) is 7.03. The van der Waals surface area contributed by atoms with Crippen molar-refractivity contribution in [2.75, 3.05) is 25.0 Å². The van der Waals surface area contributed by atoms with E-state index in [9.17, 15) is 4.79 Å². The molecule has 4 nitrogen and oxygen atoms in total. The summed E-state index contributed by atoms with van der Waals surface area (Å²) in [5.74, 6) is 0.301. The van der Waals surface area contributed by atoms with Crippen LogP contribution in [0.3, 0.4) is 0 Å². The van der Waals surface area contributed by atoms with Gasteiger partial charge in [-0.3, -0.25) is 4.79 Å². The number of halogens is 1. The van der Waals surface area contributed by atoms with Gasteiger partial charge in [0.2, 0.25) is 5.91 Å². The molecule has 0 saturated carbocycles. The number of aliphatic hydroxyl groups is 1. The third-order valence-corrected chi connectivity index (χ3v) is 3.43. The van der Waals surface area contributed by atoms with E-state index in [-0.39, 0.29) is 19.1 Å². The molecule has 0 heterocycles. The van der Waals surface area contributed by atoms with Crippen molar-refractivity contribution in [1.82, 2.24) is 5.32 Å². The maximum Gasteiger partial charge on any atom is 0.238 e. The molecule has 1 aromatic rings. The number of carbonyl (C=O) groups is 1. The summed E-state index contributed by atoms with van der Waals surface area (Å²) in [5.41, 5.74) is 0.626. The molecule has 0 aliphatic rings. The van der Waals surface area contributed by atoms with Gasteiger partial charge in [0.05, 0.1) is 17.3 Å². The summed E-state index contributed by atoms with van der Waals surface area (Å²) in [7, 11) is 0. The van der Waals surface area contributed by atoms with Crippen LogP contribution in [0, 0.1) is 5.92 Å². The Bertz CT molecular complexity index is 407. The molecule has 0 radical (unpaired) electrons. The third kappa shape index (κ3) is 6.37. The van der Waals surface area contributed by atoms with Gasteiger partial charge in [0.15, 0.2) is 0 Å². The molecule has 20 heavy (non-hydrogen) atoms. The molecule has 3 N–H and O–H groups in total. The molecule has 0 bridgehead atoms. The fourth-order valence-electron chi connectivity index (χ4n) is 2.09. The predicted octanol–water partition coefficient (Wildman–Crippen LogP) is 2.67. The maximum atomic E-state index is 11.8. The van der Waals surface area contributed by atoms with Gasteiger partial charge in [0.1, 0.15) is 0 Å². The Kier molecular flexibility index (Phi) is 8.26. The van der Waals surface area contributed by atoms with Gasteiger partial charge in [-0.25, -0.2) is 0 Å². The molecule has 112 valence electrons. The molecule has 1 aromatic carbocycles. The Balaban J connectivity index is 2.31.